The maximum atomic E-state index is 12.5. The normalized spacial score (nSPS) is 20.3. The van der Waals surface area contributed by atoms with E-state index < -0.39 is 11.6 Å². The van der Waals surface area contributed by atoms with Gasteiger partial charge in [0.05, 0.1) is 22.1 Å². The Bertz CT molecular complexity index is 1050. The lowest BCUT2D eigenvalue weighted by Crippen LogP contribution is -2.36. The second-order valence-electron chi connectivity index (χ2n) is 9.32. The molecule has 0 bridgehead atoms. The van der Waals surface area contributed by atoms with Crippen molar-refractivity contribution in [3.8, 4) is 0 Å². The smallest absolute Gasteiger partial charge is 0.315 e. The molecule has 2 aliphatic heterocycles. The summed E-state index contributed by atoms with van der Waals surface area (Å²) >= 11 is 14.1. The molecular formula is C26H32Cl2N2O6S. The van der Waals surface area contributed by atoms with Gasteiger partial charge in [0.1, 0.15) is 5.78 Å². The standard InChI is InChI=1S/C26H32Cl2N2O6S/c1-15(31)25(34)18-11-10-17(22(27)23(18)28)20(33)8-5-13-36-12-4-7-16(32)6-2-3-9-21-24-19(14-37-21)29-26(35)30-24/h10-11,19,21,24H,2-9,12-14H2,1H3,(H2,29,30,35). The molecule has 2 fully saturated rings. The van der Waals surface area contributed by atoms with E-state index in [2.05, 4.69) is 10.6 Å². The molecule has 202 valence electrons. The van der Waals surface area contributed by atoms with Crippen LogP contribution in [0.5, 0.6) is 0 Å². The summed E-state index contributed by atoms with van der Waals surface area (Å²) < 4.78 is 5.55. The molecule has 37 heavy (non-hydrogen) atoms. The van der Waals surface area contributed by atoms with Crippen LogP contribution in [-0.2, 0) is 14.3 Å². The van der Waals surface area contributed by atoms with Crippen LogP contribution in [0.15, 0.2) is 12.1 Å². The van der Waals surface area contributed by atoms with E-state index in [1.807, 2.05) is 11.8 Å². The van der Waals surface area contributed by atoms with Gasteiger partial charge < -0.3 is 15.4 Å². The fourth-order valence-electron chi connectivity index (χ4n) is 4.51. The van der Waals surface area contributed by atoms with Crippen LogP contribution in [0.2, 0.25) is 10.0 Å². The predicted octanol–water partition coefficient (Wildman–Crippen LogP) is 4.82. The van der Waals surface area contributed by atoms with Crippen molar-refractivity contribution in [2.45, 2.75) is 75.6 Å². The number of ether oxygens (including phenoxy) is 1. The maximum Gasteiger partial charge on any atom is 0.315 e. The molecule has 0 saturated carbocycles. The summed E-state index contributed by atoms with van der Waals surface area (Å²) in [5.74, 6) is -0.472. The molecule has 0 aromatic heterocycles. The monoisotopic (exact) mass is 570 g/mol. The van der Waals surface area contributed by atoms with Crippen molar-refractivity contribution < 1.29 is 28.7 Å². The average molecular weight is 572 g/mol. The highest BCUT2D eigenvalue weighted by molar-refractivity contribution is 8.00. The number of unbranched alkanes of at least 4 members (excludes halogenated alkanes) is 1. The van der Waals surface area contributed by atoms with Crippen LogP contribution >= 0.6 is 35.0 Å². The first kappa shape index (κ1) is 29.6. The molecule has 2 amide bonds. The van der Waals surface area contributed by atoms with E-state index in [0.29, 0.717) is 44.1 Å². The number of rotatable bonds is 16. The fraction of sp³-hybridized carbons (Fsp3) is 0.577. The minimum absolute atomic E-state index is 0.0174. The van der Waals surface area contributed by atoms with Gasteiger partial charge in [0.15, 0.2) is 11.6 Å². The van der Waals surface area contributed by atoms with Crippen molar-refractivity contribution in [2.75, 3.05) is 19.0 Å². The molecule has 0 aliphatic carbocycles. The molecule has 2 saturated heterocycles. The Hall–Kier alpha value is -1.94. The van der Waals surface area contributed by atoms with Crippen LogP contribution < -0.4 is 10.6 Å². The first-order valence-electron chi connectivity index (χ1n) is 12.5. The summed E-state index contributed by atoms with van der Waals surface area (Å²) in [5.41, 5.74) is 0.185. The first-order valence-corrected chi connectivity index (χ1v) is 14.3. The van der Waals surface area contributed by atoms with Gasteiger partial charge in [0.25, 0.3) is 0 Å². The minimum atomic E-state index is -0.753. The molecule has 3 unspecified atom stereocenters. The highest BCUT2D eigenvalue weighted by atomic mass is 35.5. The molecule has 8 nitrogen and oxygen atoms in total. The van der Waals surface area contributed by atoms with Crippen molar-refractivity contribution in [2.24, 2.45) is 0 Å². The van der Waals surface area contributed by atoms with Gasteiger partial charge in [-0.25, -0.2) is 4.79 Å². The van der Waals surface area contributed by atoms with E-state index in [0.717, 1.165) is 31.9 Å². The number of urea groups is 1. The van der Waals surface area contributed by atoms with E-state index >= 15 is 0 Å². The van der Waals surface area contributed by atoms with Crippen molar-refractivity contribution in [1.82, 2.24) is 10.6 Å². The molecule has 2 N–H and O–H groups in total. The summed E-state index contributed by atoms with van der Waals surface area (Å²) in [6, 6.07) is 3.12. The third kappa shape index (κ3) is 8.27. The van der Waals surface area contributed by atoms with Gasteiger partial charge in [-0.15, -0.1) is 0 Å². The Morgan fingerprint density at radius 3 is 2.32 bits per heavy atom. The molecular weight excluding hydrogens is 539 g/mol. The number of hydrogen-bond acceptors (Lipinski definition) is 7. The molecule has 0 radical (unpaired) electrons. The lowest BCUT2D eigenvalue weighted by atomic mass is 10.0. The van der Waals surface area contributed by atoms with Crippen molar-refractivity contribution in [1.29, 1.82) is 0 Å². The fourth-order valence-corrected chi connectivity index (χ4v) is 6.57. The van der Waals surface area contributed by atoms with Crippen LogP contribution in [0.4, 0.5) is 4.79 Å². The Morgan fingerprint density at radius 1 is 0.946 bits per heavy atom. The second kappa shape index (κ2) is 14.3. The number of thioether (sulfide) groups is 1. The predicted molar refractivity (Wildman–Crippen MR) is 144 cm³/mol. The number of hydrogen-bond donors (Lipinski definition) is 2. The third-order valence-corrected chi connectivity index (χ3v) is 8.91. The highest BCUT2D eigenvalue weighted by Crippen LogP contribution is 2.33. The summed E-state index contributed by atoms with van der Waals surface area (Å²) in [6.07, 6.45) is 5.17. The van der Waals surface area contributed by atoms with Crippen LogP contribution in [0.25, 0.3) is 0 Å². The molecule has 0 spiro atoms. The van der Waals surface area contributed by atoms with Gasteiger partial charge in [0, 0.05) is 61.5 Å². The number of carbonyl (C=O) groups is 5. The zero-order chi connectivity index (χ0) is 26.9. The van der Waals surface area contributed by atoms with Crippen LogP contribution in [0, 0.1) is 0 Å². The number of ketones is 4. The summed E-state index contributed by atoms with van der Waals surface area (Å²) in [5, 5.41) is 6.21. The van der Waals surface area contributed by atoms with Crippen molar-refractivity contribution in [3.63, 3.8) is 0 Å². The number of amides is 2. The van der Waals surface area contributed by atoms with Gasteiger partial charge in [-0.05, 0) is 37.8 Å². The van der Waals surface area contributed by atoms with Crippen molar-refractivity contribution >= 4 is 64.1 Å². The molecule has 1 aromatic rings. The number of fused-ring (bicyclic) bond motifs is 1. The maximum absolute atomic E-state index is 12.5. The Kier molecular flexibility index (Phi) is 11.4. The summed E-state index contributed by atoms with van der Waals surface area (Å²) in [6.45, 7) is 1.96. The van der Waals surface area contributed by atoms with Gasteiger partial charge >= 0.3 is 6.03 Å². The number of Topliss-reactive ketones (excluding diaryl/α,β-unsaturated/α-hetero) is 4. The highest BCUT2D eigenvalue weighted by Gasteiger charge is 2.42. The SMILES string of the molecule is CC(=O)C(=O)c1ccc(C(=O)CCCOCCCC(=O)CCCCC2SCC3NC(=O)NC32)c(Cl)c1Cl. The van der Waals surface area contributed by atoms with Gasteiger partial charge in [-0.3, -0.25) is 19.2 Å². The number of carbonyl (C=O) groups excluding carboxylic acids is 5. The average Bonchev–Trinajstić information content (AvgIpc) is 3.41. The van der Waals surface area contributed by atoms with E-state index in [1.165, 1.54) is 12.1 Å². The second-order valence-corrected chi connectivity index (χ2v) is 11.4. The summed E-state index contributed by atoms with van der Waals surface area (Å²) in [4.78, 5) is 59.2. The molecule has 11 heteroatoms. The van der Waals surface area contributed by atoms with Crippen LogP contribution in [0.1, 0.15) is 79.0 Å². The van der Waals surface area contributed by atoms with E-state index in [-0.39, 0.29) is 57.3 Å². The Balaban J connectivity index is 1.23. The molecule has 3 atom stereocenters. The molecule has 2 heterocycles. The van der Waals surface area contributed by atoms with Gasteiger partial charge in [0.2, 0.25) is 5.78 Å². The van der Waals surface area contributed by atoms with Crippen LogP contribution in [-0.4, -0.2) is 65.5 Å². The minimum Gasteiger partial charge on any atom is -0.381 e. The number of benzene rings is 1. The van der Waals surface area contributed by atoms with Gasteiger partial charge in [-0.1, -0.05) is 29.6 Å². The number of nitrogens with one attached hydrogen (secondary N) is 2. The quantitative estimate of drug-likeness (QED) is 0.126. The Morgan fingerprint density at radius 2 is 1.59 bits per heavy atom. The first-order chi connectivity index (χ1) is 17.7. The topological polar surface area (TPSA) is 119 Å². The third-order valence-electron chi connectivity index (χ3n) is 6.52. The lowest BCUT2D eigenvalue weighted by Gasteiger charge is -2.16. The molecule has 1 aromatic carbocycles. The van der Waals surface area contributed by atoms with Crippen LogP contribution in [0.3, 0.4) is 0 Å². The van der Waals surface area contributed by atoms with Crippen molar-refractivity contribution in [3.05, 3.63) is 33.3 Å². The largest absolute Gasteiger partial charge is 0.381 e. The Labute approximate surface area is 230 Å². The van der Waals surface area contributed by atoms with E-state index in [1.54, 1.807) is 0 Å². The zero-order valence-electron chi connectivity index (χ0n) is 20.8. The molecule has 3 rings (SSSR count). The van der Waals surface area contributed by atoms with E-state index in [4.69, 9.17) is 27.9 Å². The number of halogens is 2. The zero-order valence-corrected chi connectivity index (χ0v) is 23.1. The van der Waals surface area contributed by atoms with E-state index in [9.17, 15) is 24.0 Å². The van der Waals surface area contributed by atoms with Gasteiger partial charge in [-0.2, -0.15) is 11.8 Å². The summed E-state index contributed by atoms with van der Waals surface area (Å²) in [7, 11) is 0. The lowest BCUT2D eigenvalue weighted by molar-refractivity contribution is -0.119. The molecule has 2 aliphatic rings.